The standard InChI is InChI=1S/C15H19ClN4/c1-15(2,9-8-11-6-4-3-5-7-11)20-14-12(16)13(17)18-10-19-14/h3-7,10H,8-9H2,1-2H3,(H3,17,18,19,20). The Kier molecular flexibility index (Phi) is 4.45. The molecule has 0 aliphatic heterocycles. The van der Waals surface area contributed by atoms with Crippen LogP contribution in [-0.2, 0) is 6.42 Å². The number of rotatable bonds is 5. The Balaban J connectivity index is 2.02. The van der Waals surface area contributed by atoms with Crippen LogP contribution in [0, 0.1) is 0 Å². The van der Waals surface area contributed by atoms with Crippen LogP contribution in [0.2, 0.25) is 5.02 Å². The highest BCUT2D eigenvalue weighted by Crippen LogP contribution is 2.27. The van der Waals surface area contributed by atoms with E-state index in [0.29, 0.717) is 16.7 Å². The van der Waals surface area contributed by atoms with Crippen molar-refractivity contribution < 1.29 is 0 Å². The maximum atomic E-state index is 6.10. The summed E-state index contributed by atoms with van der Waals surface area (Å²) in [5.41, 5.74) is 6.86. The SMILES string of the molecule is CC(C)(CCc1ccccc1)Nc1ncnc(N)c1Cl. The molecular weight excluding hydrogens is 272 g/mol. The maximum absolute atomic E-state index is 6.10. The second-order valence-corrected chi connectivity index (χ2v) is 5.79. The summed E-state index contributed by atoms with van der Waals surface area (Å²) in [4.78, 5) is 8.00. The molecule has 106 valence electrons. The number of nitrogens with one attached hydrogen (secondary N) is 1. The molecule has 2 aromatic rings. The molecule has 0 radical (unpaired) electrons. The molecule has 0 aliphatic carbocycles. The third-order valence-corrected chi connectivity index (χ3v) is 3.53. The van der Waals surface area contributed by atoms with E-state index < -0.39 is 0 Å². The van der Waals surface area contributed by atoms with Gasteiger partial charge < -0.3 is 11.1 Å². The van der Waals surface area contributed by atoms with Gasteiger partial charge in [0.1, 0.15) is 17.2 Å². The molecule has 0 saturated heterocycles. The fraction of sp³-hybridized carbons (Fsp3) is 0.333. The van der Waals surface area contributed by atoms with Crippen LogP contribution in [0.3, 0.4) is 0 Å². The lowest BCUT2D eigenvalue weighted by atomic mass is 9.95. The van der Waals surface area contributed by atoms with Gasteiger partial charge in [-0.1, -0.05) is 41.9 Å². The van der Waals surface area contributed by atoms with E-state index in [1.807, 2.05) is 6.07 Å². The van der Waals surface area contributed by atoms with Crippen LogP contribution < -0.4 is 11.1 Å². The summed E-state index contributed by atoms with van der Waals surface area (Å²) in [6.45, 7) is 4.23. The molecule has 0 bridgehead atoms. The van der Waals surface area contributed by atoms with E-state index in [9.17, 15) is 0 Å². The molecule has 0 aliphatic rings. The van der Waals surface area contributed by atoms with Crippen LogP contribution in [0.4, 0.5) is 11.6 Å². The summed E-state index contributed by atoms with van der Waals surface area (Å²) in [6.07, 6.45) is 3.35. The van der Waals surface area contributed by atoms with Gasteiger partial charge in [0, 0.05) is 5.54 Å². The number of aromatic nitrogens is 2. The average molecular weight is 291 g/mol. The van der Waals surface area contributed by atoms with Crippen LogP contribution in [0.15, 0.2) is 36.7 Å². The predicted molar refractivity (Wildman–Crippen MR) is 83.9 cm³/mol. The zero-order valence-corrected chi connectivity index (χ0v) is 12.5. The third-order valence-electron chi connectivity index (χ3n) is 3.15. The van der Waals surface area contributed by atoms with Gasteiger partial charge in [0.2, 0.25) is 0 Å². The predicted octanol–water partition coefficient (Wildman–Crippen LogP) is 3.54. The van der Waals surface area contributed by atoms with Gasteiger partial charge in [-0.25, -0.2) is 9.97 Å². The van der Waals surface area contributed by atoms with E-state index in [1.54, 1.807) is 0 Å². The quantitative estimate of drug-likeness (QED) is 0.884. The number of nitrogens with zero attached hydrogens (tertiary/aromatic N) is 2. The van der Waals surface area contributed by atoms with Crippen molar-refractivity contribution in [2.75, 3.05) is 11.1 Å². The highest BCUT2D eigenvalue weighted by molar-refractivity contribution is 6.35. The monoisotopic (exact) mass is 290 g/mol. The zero-order chi connectivity index (χ0) is 14.6. The first kappa shape index (κ1) is 14.6. The molecule has 0 atom stereocenters. The fourth-order valence-corrected chi connectivity index (χ4v) is 2.10. The lowest BCUT2D eigenvalue weighted by molar-refractivity contribution is 0.516. The Hall–Kier alpha value is -1.81. The minimum absolute atomic E-state index is 0.139. The van der Waals surface area contributed by atoms with Gasteiger partial charge >= 0.3 is 0 Å². The summed E-state index contributed by atoms with van der Waals surface area (Å²) >= 11 is 6.10. The minimum Gasteiger partial charge on any atom is -0.382 e. The van der Waals surface area contributed by atoms with Crippen LogP contribution in [0.25, 0.3) is 0 Å². The largest absolute Gasteiger partial charge is 0.382 e. The number of benzene rings is 1. The first-order valence-corrected chi connectivity index (χ1v) is 6.94. The van der Waals surface area contributed by atoms with Gasteiger partial charge in [-0.15, -0.1) is 0 Å². The van der Waals surface area contributed by atoms with E-state index in [4.69, 9.17) is 17.3 Å². The lowest BCUT2D eigenvalue weighted by Gasteiger charge is -2.27. The molecule has 2 rings (SSSR count). The molecular formula is C15H19ClN4. The van der Waals surface area contributed by atoms with Crippen molar-refractivity contribution in [1.29, 1.82) is 0 Å². The molecule has 3 N–H and O–H groups in total. The summed E-state index contributed by atoms with van der Waals surface area (Å²) < 4.78 is 0. The second-order valence-electron chi connectivity index (χ2n) is 5.42. The normalized spacial score (nSPS) is 11.3. The fourth-order valence-electron chi connectivity index (χ4n) is 1.96. The highest BCUT2D eigenvalue weighted by atomic mass is 35.5. The van der Waals surface area contributed by atoms with Crippen LogP contribution in [0.5, 0.6) is 0 Å². The smallest absolute Gasteiger partial charge is 0.150 e. The zero-order valence-electron chi connectivity index (χ0n) is 11.7. The molecule has 1 aromatic carbocycles. The Bertz CT molecular complexity index is 569. The Morgan fingerprint density at radius 1 is 1.20 bits per heavy atom. The van der Waals surface area contributed by atoms with Crippen LogP contribution in [0.1, 0.15) is 25.8 Å². The second kappa shape index (κ2) is 6.09. The van der Waals surface area contributed by atoms with Crippen LogP contribution >= 0.6 is 11.6 Å². The van der Waals surface area contributed by atoms with Crippen molar-refractivity contribution in [1.82, 2.24) is 9.97 Å². The van der Waals surface area contributed by atoms with E-state index >= 15 is 0 Å². The number of nitrogens with two attached hydrogens (primary N) is 1. The first-order valence-electron chi connectivity index (χ1n) is 6.56. The topological polar surface area (TPSA) is 63.8 Å². The number of hydrogen-bond donors (Lipinski definition) is 2. The summed E-state index contributed by atoms with van der Waals surface area (Å²) in [5, 5.41) is 3.71. The lowest BCUT2D eigenvalue weighted by Crippen LogP contribution is -2.32. The molecule has 1 heterocycles. The number of nitrogen functional groups attached to an aromatic ring is 1. The van der Waals surface area contributed by atoms with E-state index in [2.05, 4.69) is 53.4 Å². The van der Waals surface area contributed by atoms with Gasteiger partial charge in [-0.2, -0.15) is 0 Å². The summed E-state index contributed by atoms with van der Waals surface area (Å²) in [5.74, 6) is 0.875. The van der Waals surface area contributed by atoms with Crippen molar-refractivity contribution in [3.05, 3.63) is 47.2 Å². The van der Waals surface area contributed by atoms with Gasteiger partial charge in [0.25, 0.3) is 0 Å². The van der Waals surface area contributed by atoms with Crippen molar-refractivity contribution in [3.63, 3.8) is 0 Å². The first-order chi connectivity index (χ1) is 9.48. The number of aryl methyl sites for hydroxylation is 1. The molecule has 20 heavy (non-hydrogen) atoms. The Morgan fingerprint density at radius 3 is 2.60 bits per heavy atom. The van der Waals surface area contributed by atoms with Gasteiger partial charge in [0.15, 0.2) is 5.82 Å². The Morgan fingerprint density at radius 2 is 1.90 bits per heavy atom. The average Bonchev–Trinajstić information content (AvgIpc) is 2.43. The Labute approximate surface area is 124 Å². The van der Waals surface area contributed by atoms with Gasteiger partial charge in [-0.3, -0.25) is 0 Å². The van der Waals surface area contributed by atoms with Crippen molar-refractivity contribution >= 4 is 23.2 Å². The molecule has 5 heteroatoms. The molecule has 0 saturated carbocycles. The third kappa shape index (κ3) is 3.84. The molecule has 0 amide bonds. The molecule has 0 fully saturated rings. The number of halogens is 1. The van der Waals surface area contributed by atoms with Gasteiger partial charge in [0.05, 0.1) is 0 Å². The van der Waals surface area contributed by atoms with E-state index in [0.717, 1.165) is 12.8 Å². The van der Waals surface area contributed by atoms with Crippen LogP contribution in [-0.4, -0.2) is 15.5 Å². The number of hydrogen-bond acceptors (Lipinski definition) is 4. The molecule has 1 aromatic heterocycles. The number of anilines is 2. The van der Waals surface area contributed by atoms with Crippen molar-refractivity contribution in [3.8, 4) is 0 Å². The highest BCUT2D eigenvalue weighted by Gasteiger charge is 2.20. The maximum Gasteiger partial charge on any atom is 0.150 e. The molecule has 0 spiro atoms. The summed E-state index contributed by atoms with van der Waals surface area (Å²) in [6, 6.07) is 10.4. The molecule has 0 unspecified atom stereocenters. The minimum atomic E-state index is -0.139. The van der Waals surface area contributed by atoms with Crippen molar-refractivity contribution in [2.24, 2.45) is 0 Å². The summed E-state index contributed by atoms with van der Waals surface area (Å²) in [7, 11) is 0. The van der Waals surface area contributed by atoms with E-state index in [-0.39, 0.29) is 5.54 Å². The van der Waals surface area contributed by atoms with Crippen molar-refractivity contribution in [2.45, 2.75) is 32.2 Å². The molecule has 4 nitrogen and oxygen atoms in total. The van der Waals surface area contributed by atoms with Gasteiger partial charge in [-0.05, 0) is 32.3 Å². The van der Waals surface area contributed by atoms with E-state index in [1.165, 1.54) is 11.9 Å².